The van der Waals surface area contributed by atoms with Gasteiger partial charge in [-0.1, -0.05) is 29.8 Å². The standard InChI is InChI=1S/C17H22N2O4S2/c1-12-4-6-14(7-5-12)13(2)19-25(21,22)16-9-8-15(24-16)10-11-18-17(20)23-3/h4-9,13,19H,10-11H2,1-3H3,(H,18,20). The number of amides is 1. The Morgan fingerprint density at radius 3 is 2.52 bits per heavy atom. The summed E-state index contributed by atoms with van der Waals surface area (Å²) in [4.78, 5) is 11.9. The number of hydrogen-bond donors (Lipinski definition) is 2. The first-order chi connectivity index (χ1) is 11.8. The van der Waals surface area contributed by atoms with Crippen LogP contribution in [0.2, 0.25) is 0 Å². The van der Waals surface area contributed by atoms with Crippen LogP contribution >= 0.6 is 11.3 Å². The summed E-state index contributed by atoms with van der Waals surface area (Å²) in [7, 11) is -2.29. The number of sulfonamides is 1. The average molecular weight is 383 g/mol. The van der Waals surface area contributed by atoms with E-state index in [2.05, 4.69) is 14.8 Å². The molecule has 0 aliphatic rings. The van der Waals surface area contributed by atoms with Gasteiger partial charge in [-0.25, -0.2) is 17.9 Å². The SMILES string of the molecule is COC(=O)NCCc1ccc(S(=O)(=O)NC(C)c2ccc(C)cc2)s1. The van der Waals surface area contributed by atoms with E-state index in [4.69, 9.17) is 0 Å². The monoisotopic (exact) mass is 382 g/mol. The zero-order valence-electron chi connectivity index (χ0n) is 14.4. The Kier molecular flexibility index (Phi) is 6.57. The molecule has 136 valence electrons. The lowest BCUT2D eigenvalue weighted by Crippen LogP contribution is -2.26. The van der Waals surface area contributed by atoms with Gasteiger partial charge in [-0.2, -0.15) is 0 Å². The van der Waals surface area contributed by atoms with Crippen molar-refractivity contribution in [1.29, 1.82) is 0 Å². The second-order valence-corrected chi connectivity index (χ2v) is 8.75. The van der Waals surface area contributed by atoms with Crippen molar-refractivity contribution in [3.05, 3.63) is 52.4 Å². The Morgan fingerprint density at radius 2 is 1.88 bits per heavy atom. The van der Waals surface area contributed by atoms with Crippen LogP contribution in [0.25, 0.3) is 0 Å². The second-order valence-electron chi connectivity index (χ2n) is 5.64. The first-order valence-corrected chi connectivity index (χ1v) is 10.1. The first-order valence-electron chi connectivity index (χ1n) is 7.81. The highest BCUT2D eigenvalue weighted by Crippen LogP contribution is 2.24. The number of alkyl carbamates (subject to hydrolysis) is 1. The number of hydrogen-bond acceptors (Lipinski definition) is 5. The molecule has 2 rings (SSSR count). The average Bonchev–Trinajstić information content (AvgIpc) is 3.04. The van der Waals surface area contributed by atoms with Crippen molar-refractivity contribution < 1.29 is 17.9 Å². The van der Waals surface area contributed by atoms with Gasteiger partial charge in [-0.3, -0.25) is 0 Å². The molecule has 25 heavy (non-hydrogen) atoms. The molecule has 0 radical (unpaired) electrons. The highest BCUT2D eigenvalue weighted by molar-refractivity contribution is 7.91. The minimum Gasteiger partial charge on any atom is -0.453 e. The maximum Gasteiger partial charge on any atom is 0.406 e. The number of aryl methyl sites for hydroxylation is 1. The molecule has 0 aliphatic heterocycles. The summed E-state index contributed by atoms with van der Waals surface area (Å²) in [6, 6.07) is 10.8. The Bertz CT molecular complexity index is 813. The second kappa shape index (κ2) is 8.46. The van der Waals surface area contributed by atoms with Crippen LogP contribution in [0.5, 0.6) is 0 Å². The van der Waals surface area contributed by atoms with Crippen molar-refractivity contribution in [2.24, 2.45) is 0 Å². The molecule has 2 N–H and O–H groups in total. The summed E-state index contributed by atoms with van der Waals surface area (Å²) < 4.78 is 32.5. The largest absolute Gasteiger partial charge is 0.453 e. The molecular formula is C17H22N2O4S2. The lowest BCUT2D eigenvalue weighted by atomic mass is 10.1. The smallest absolute Gasteiger partial charge is 0.406 e. The summed E-state index contributed by atoms with van der Waals surface area (Å²) in [6.45, 7) is 4.19. The van der Waals surface area contributed by atoms with E-state index in [1.54, 1.807) is 12.1 Å². The topological polar surface area (TPSA) is 84.5 Å². The van der Waals surface area contributed by atoms with Gasteiger partial charge in [0, 0.05) is 17.5 Å². The number of rotatable bonds is 7. The van der Waals surface area contributed by atoms with Crippen LogP contribution in [0.15, 0.2) is 40.6 Å². The molecule has 1 unspecified atom stereocenters. The van der Waals surface area contributed by atoms with E-state index in [1.165, 1.54) is 18.4 Å². The van der Waals surface area contributed by atoms with Gasteiger partial charge in [0.1, 0.15) is 4.21 Å². The van der Waals surface area contributed by atoms with E-state index < -0.39 is 16.1 Å². The summed E-state index contributed by atoms with van der Waals surface area (Å²) >= 11 is 1.20. The molecule has 1 atom stereocenters. The molecule has 1 amide bonds. The number of methoxy groups -OCH3 is 1. The molecule has 6 nitrogen and oxygen atoms in total. The maximum atomic E-state index is 12.5. The maximum absolute atomic E-state index is 12.5. The number of benzene rings is 1. The van der Waals surface area contributed by atoms with Gasteiger partial charge in [-0.15, -0.1) is 11.3 Å². The zero-order valence-corrected chi connectivity index (χ0v) is 16.0. The number of ether oxygens (including phenoxy) is 1. The highest BCUT2D eigenvalue weighted by Gasteiger charge is 2.20. The van der Waals surface area contributed by atoms with Crippen LogP contribution in [0.1, 0.15) is 29.0 Å². The molecule has 1 aromatic carbocycles. The molecule has 2 aromatic rings. The highest BCUT2D eigenvalue weighted by atomic mass is 32.2. The number of nitrogens with one attached hydrogen (secondary N) is 2. The minimum absolute atomic E-state index is 0.263. The fourth-order valence-electron chi connectivity index (χ4n) is 2.21. The summed E-state index contributed by atoms with van der Waals surface area (Å²) in [6.07, 6.45) is 0.0426. The van der Waals surface area contributed by atoms with E-state index in [0.717, 1.165) is 16.0 Å². The third kappa shape index (κ3) is 5.55. The third-order valence-corrected chi connectivity index (χ3v) is 6.81. The molecule has 0 fully saturated rings. The van der Waals surface area contributed by atoms with Crippen molar-refractivity contribution in [3.63, 3.8) is 0 Å². The van der Waals surface area contributed by atoms with Crippen molar-refractivity contribution in [2.75, 3.05) is 13.7 Å². The summed E-state index contributed by atoms with van der Waals surface area (Å²) in [5, 5.41) is 2.57. The Balaban J connectivity index is 1.99. The normalized spacial score (nSPS) is 12.6. The van der Waals surface area contributed by atoms with Crippen molar-refractivity contribution in [2.45, 2.75) is 30.5 Å². The number of thiophene rings is 1. The first kappa shape index (κ1) is 19.4. The van der Waals surface area contributed by atoms with Gasteiger partial charge >= 0.3 is 6.09 Å². The molecule has 1 heterocycles. The fourth-order valence-corrected chi connectivity index (χ4v) is 4.81. The predicted molar refractivity (Wildman–Crippen MR) is 98.3 cm³/mol. The van der Waals surface area contributed by atoms with E-state index in [1.807, 2.05) is 38.1 Å². The Labute approximate surface area is 152 Å². The van der Waals surface area contributed by atoms with Gasteiger partial charge in [-0.05, 0) is 38.0 Å². The quantitative estimate of drug-likeness (QED) is 0.771. The van der Waals surface area contributed by atoms with Crippen LogP contribution in [-0.4, -0.2) is 28.2 Å². The van der Waals surface area contributed by atoms with Gasteiger partial charge in [0.2, 0.25) is 0 Å². The van der Waals surface area contributed by atoms with Crippen LogP contribution in [0.3, 0.4) is 0 Å². The molecule has 0 bridgehead atoms. The lowest BCUT2D eigenvalue weighted by Gasteiger charge is -2.14. The van der Waals surface area contributed by atoms with Gasteiger partial charge < -0.3 is 10.1 Å². The van der Waals surface area contributed by atoms with Gasteiger partial charge in [0.15, 0.2) is 0 Å². The predicted octanol–water partition coefficient (Wildman–Crippen LogP) is 2.99. The third-order valence-electron chi connectivity index (χ3n) is 3.64. The van der Waals surface area contributed by atoms with Crippen LogP contribution < -0.4 is 10.0 Å². The van der Waals surface area contributed by atoms with Crippen LogP contribution in [0, 0.1) is 6.92 Å². The number of carbonyl (C=O) groups is 1. The molecule has 8 heteroatoms. The zero-order chi connectivity index (χ0) is 18.4. The molecule has 0 aliphatic carbocycles. The van der Waals surface area contributed by atoms with Crippen molar-refractivity contribution >= 4 is 27.5 Å². The van der Waals surface area contributed by atoms with E-state index in [0.29, 0.717) is 13.0 Å². The van der Waals surface area contributed by atoms with E-state index in [-0.39, 0.29) is 10.3 Å². The summed E-state index contributed by atoms with van der Waals surface area (Å²) in [5.41, 5.74) is 2.04. The minimum atomic E-state index is -3.59. The van der Waals surface area contributed by atoms with E-state index in [9.17, 15) is 13.2 Å². The van der Waals surface area contributed by atoms with Crippen LogP contribution in [-0.2, 0) is 21.2 Å². The lowest BCUT2D eigenvalue weighted by molar-refractivity contribution is 0.171. The summed E-state index contributed by atoms with van der Waals surface area (Å²) in [5.74, 6) is 0. The van der Waals surface area contributed by atoms with Crippen molar-refractivity contribution in [1.82, 2.24) is 10.0 Å². The molecule has 1 aromatic heterocycles. The molecule has 0 spiro atoms. The fraction of sp³-hybridized carbons (Fsp3) is 0.353. The molecule has 0 saturated heterocycles. The van der Waals surface area contributed by atoms with Gasteiger partial charge in [0.25, 0.3) is 10.0 Å². The van der Waals surface area contributed by atoms with Crippen LogP contribution in [0.4, 0.5) is 4.79 Å². The number of carbonyl (C=O) groups excluding carboxylic acids is 1. The van der Waals surface area contributed by atoms with E-state index >= 15 is 0 Å². The van der Waals surface area contributed by atoms with Crippen molar-refractivity contribution in [3.8, 4) is 0 Å². The Hall–Kier alpha value is -1.90. The molecular weight excluding hydrogens is 360 g/mol. The molecule has 0 saturated carbocycles. The van der Waals surface area contributed by atoms with Gasteiger partial charge in [0.05, 0.1) is 7.11 Å². The Morgan fingerprint density at radius 1 is 1.20 bits per heavy atom.